The fourth-order valence-electron chi connectivity index (χ4n) is 5.01. The van der Waals surface area contributed by atoms with Crippen LogP contribution >= 0.6 is 0 Å². The SMILES string of the molecule is CCN(CC)CCC1CNCc2[nH]c(C=C3C(=O)Nc4cccc(CCO)c43)c(C)c2C1=O. The van der Waals surface area contributed by atoms with E-state index in [2.05, 4.69) is 34.4 Å². The molecule has 2 aliphatic rings. The quantitative estimate of drug-likeness (QED) is 0.464. The van der Waals surface area contributed by atoms with Gasteiger partial charge in [0.2, 0.25) is 0 Å². The first-order valence-electron chi connectivity index (χ1n) is 11.9. The van der Waals surface area contributed by atoms with Crippen LogP contribution in [0.15, 0.2) is 18.2 Å². The summed E-state index contributed by atoms with van der Waals surface area (Å²) in [4.78, 5) is 32.0. The van der Waals surface area contributed by atoms with Gasteiger partial charge in [-0.2, -0.15) is 0 Å². The molecule has 4 rings (SSSR count). The molecule has 1 amide bonds. The van der Waals surface area contributed by atoms with Crippen LogP contribution in [-0.4, -0.2) is 59.5 Å². The van der Waals surface area contributed by atoms with Crippen LogP contribution in [0.3, 0.4) is 0 Å². The van der Waals surface area contributed by atoms with Crippen molar-refractivity contribution >= 4 is 29.0 Å². The van der Waals surface area contributed by atoms with Crippen LogP contribution in [0.25, 0.3) is 11.6 Å². The number of aromatic nitrogens is 1. The maximum atomic E-state index is 13.5. The maximum Gasteiger partial charge on any atom is 0.256 e. The van der Waals surface area contributed by atoms with Crippen molar-refractivity contribution in [1.29, 1.82) is 0 Å². The number of hydrogen-bond donors (Lipinski definition) is 4. The smallest absolute Gasteiger partial charge is 0.256 e. The largest absolute Gasteiger partial charge is 0.396 e. The molecule has 0 fully saturated rings. The Bertz CT molecular complexity index is 1080. The lowest BCUT2D eigenvalue weighted by Gasteiger charge is -2.21. The number of aromatic amines is 1. The number of aliphatic hydroxyl groups is 1. The Kier molecular flexibility index (Phi) is 7.12. The van der Waals surface area contributed by atoms with Gasteiger partial charge in [0.05, 0.1) is 5.57 Å². The van der Waals surface area contributed by atoms with Crippen molar-refractivity contribution in [2.45, 2.75) is 40.2 Å². The number of H-pyrrole nitrogens is 1. The summed E-state index contributed by atoms with van der Waals surface area (Å²) < 4.78 is 0. The minimum atomic E-state index is -0.166. The number of carbonyl (C=O) groups is 2. The molecule has 33 heavy (non-hydrogen) atoms. The number of aliphatic hydroxyl groups excluding tert-OH is 1. The van der Waals surface area contributed by atoms with Gasteiger partial charge in [-0.1, -0.05) is 26.0 Å². The van der Waals surface area contributed by atoms with E-state index in [1.807, 2.05) is 31.2 Å². The van der Waals surface area contributed by atoms with Gasteiger partial charge in [0, 0.05) is 53.8 Å². The van der Waals surface area contributed by atoms with E-state index in [1.54, 1.807) is 0 Å². The lowest BCUT2D eigenvalue weighted by Crippen LogP contribution is -2.31. The highest BCUT2D eigenvalue weighted by molar-refractivity contribution is 6.35. The van der Waals surface area contributed by atoms with Crippen LogP contribution in [-0.2, 0) is 17.8 Å². The van der Waals surface area contributed by atoms with Crippen LogP contribution in [0.2, 0.25) is 0 Å². The predicted molar refractivity (Wildman–Crippen MR) is 131 cm³/mol. The first-order chi connectivity index (χ1) is 16.0. The average molecular weight is 451 g/mol. The summed E-state index contributed by atoms with van der Waals surface area (Å²) in [6.07, 6.45) is 3.16. The zero-order valence-electron chi connectivity index (χ0n) is 19.8. The van der Waals surface area contributed by atoms with Crippen molar-refractivity contribution in [3.63, 3.8) is 0 Å². The molecule has 0 saturated heterocycles. The molecule has 0 bridgehead atoms. The number of anilines is 1. The molecule has 2 aromatic rings. The van der Waals surface area contributed by atoms with Gasteiger partial charge in [0.25, 0.3) is 5.91 Å². The van der Waals surface area contributed by atoms with Crippen LogP contribution in [0, 0.1) is 12.8 Å². The van der Waals surface area contributed by atoms with Crippen LogP contribution in [0.4, 0.5) is 5.69 Å². The minimum absolute atomic E-state index is 0.0167. The number of carbonyl (C=O) groups excluding carboxylic acids is 2. The molecule has 2 aliphatic heterocycles. The first kappa shape index (κ1) is 23.4. The molecule has 1 unspecified atom stereocenters. The van der Waals surface area contributed by atoms with Gasteiger partial charge < -0.3 is 25.6 Å². The monoisotopic (exact) mass is 450 g/mol. The van der Waals surface area contributed by atoms with Crippen LogP contribution in [0.5, 0.6) is 0 Å². The summed E-state index contributed by atoms with van der Waals surface area (Å²) in [6, 6.07) is 5.70. The van der Waals surface area contributed by atoms with Crippen molar-refractivity contribution < 1.29 is 14.7 Å². The van der Waals surface area contributed by atoms with Crippen molar-refractivity contribution in [2.75, 3.05) is 38.1 Å². The number of Topliss-reactive ketones (excluding diaryl/α,β-unsaturated/α-hetero) is 1. The zero-order chi connectivity index (χ0) is 23.5. The maximum absolute atomic E-state index is 13.5. The molecule has 0 aliphatic carbocycles. The number of rotatable bonds is 8. The van der Waals surface area contributed by atoms with E-state index in [0.717, 1.165) is 65.4 Å². The Balaban J connectivity index is 1.67. The minimum Gasteiger partial charge on any atom is -0.396 e. The van der Waals surface area contributed by atoms with Crippen LogP contribution in [0.1, 0.15) is 58.7 Å². The van der Waals surface area contributed by atoms with E-state index in [4.69, 9.17) is 0 Å². The summed E-state index contributed by atoms with van der Waals surface area (Å²) in [5.74, 6) is -0.0487. The normalized spacial score (nSPS) is 19.1. The van der Waals surface area contributed by atoms with Gasteiger partial charge >= 0.3 is 0 Å². The average Bonchev–Trinajstić information content (AvgIpc) is 3.23. The summed E-state index contributed by atoms with van der Waals surface area (Å²) >= 11 is 0. The second-order valence-electron chi connectivity index (χ2n) is 8.85. The van der Waals surface area contributed by atoms with Crippen molar-refractivity contribution in [3.8, 4) is 0 Å². The van der Waals surface area contributed by atoms with E-state index in [0.29, 0.717) is 25.1 Å². The number of hydrogen-bond acceptors (Lipinski definition) is 5. The van der Waals surface area contributed by atoms with E-state index in [9.17, 15) is 14.7 Å². The standard InChI is InChI=1S/C26H34N4O3/c1-4-30(5-2)11-9-18-14-27-15-22-23(25(18)32)16(3)21(28-22)13-19-24-17(10-12-31)7-6-8-20(24)29-26(19)33/h6-8,13,18,27-28,31H,4-5,9-12,14-15H2,1-3H3,(H,29,33). The highest BCUT2D eigenvalue weighted by atomic mass is 16.3. The Morgan fingerprint density at radius 1 is 1.18 bits per heavy atom. The number of amides is 1. The molecular formula is C26H34N4O3. The summed E-state index contributed by atoms with van der Waals surface area (Å²) in [6.45, 7) is 10.4. The van der Waals surface area contributed by atoms with E-state index >= 15 is 0 Å². The molecule has 1 aromatic carbocycles. The lowest BCUT2D eigenvalue weighted by atomic mass is 9.92. The Morgan fingerprint density at radius 3 is 2.70 bits per heavy atom. The zero-order valence-corrected chi connectivity index (χ0v) is 19.8. The number of ketones is 1. The van der Waals surface area contributed by atoms with E-state index in [1.165, 1.54) is 0 Å². The highest BCUT2D eigenvalue weighted by Gasteiger charge is 2.31. The van der Waals surface area contributed by atoms with Gasteiger partial charge in [0.15, 0.2) is 5.78 Å². The third-order valence-corrected chi connectivity index (χ3v) is 6.95. The summed E-state index contributed by atoms with van der Waals surface area (Å²) in [5.41, 5.74) is 6.41. The number of benzene rings is 1. The molecule has 4 N–H and O–H groups in total. The Morgan fingerprint density at radius 2 is 1.97 bits per heavy atom. The molecule has 176 valence electrons. The van der Waals surface area contributed by atoms with Crippen molar-refractivity contribution in [2.24, 2.45) is 5.92 Å². The summed E-state index contributed by atoms with van der Waals surface area (Å²) in [7, 11) is 0. The van der Waals surface area contributed by atoms with E-state index < -0.39 is 0 Å². The van der Waals surface area contributed by atoms with Crippen LogP contribution < -0.4 is 10.6 Å². The number of fused-ring (bicyclic) bond motifs is 2. The molecule has 1 atom stereocenters. The number of nitrogens with one attached hydrogen (secondary N) is 3. The molecule has 7 heteroatoms. The van der Waals surface area contributed by atoms with Gasteiger partial charge in [-0.15, -0.1) is 0 Å². The molecule has 0 radical (unpaired) electrons. The molecular weight excluding hydrogens is 416 g/mol. The van der Waals surface area contributed by atoms with Gasteiger partial charge in [0.1, 0.15) is 0 Å². The second-order valence-corrected chi connectivity index (χ2v) is 8.85. The van der Waals surface area contributed by atoms with E-state index in [-0.39, 0.29) is 24.2 Å². The Hall–Kier alpha value is -2.74. The van der Waals surface area contributed by atoms with Gasteiger partial charge in [-0.25, -0.2) is 0 Å². The third-order valence-electron chi connectivity index (χ3n) is 6.95. The number of nitrogens with zero attached hydrogens (tertiary/aromatic N) is 1. The molecule has 7 nitrogen and oxygen atoms in total. The van der Waals surface area contributed by atoms with Crippen molar-refractivity contribution in [3.05, 3.63) is 51.8 Å². The van der Waals surface area contributed by atoms with Gasteiger partial charge in [-0.05, 0) is 62.7 Å². The molecule has 1 aromatic heterocycles. The van der Waals surface area contributed by atoms with Gasteiger partial charge in [-0.3, -0.25) is 9.59 Å². The van der Waals surface area contributed by atoms with Crippen molar-refractivity contribution in [1.82, 2.24) is 15.2 Å². The highest BCUT2D eigenvalue weighted by Crippen LogP contribution is 2.37. The molecule has 3 heterocycles. The topological polar surface area (TPSA) is 97.5 Å². The summed E-state index contributed by atoms with van der Waals surface area (Å²) in [5, 5.41) is 15.8. The second kappa shape index (κ2) is 10.0. The first-order valence-corrected chi connectivity index (χ1v) is 11.9. The predicted octanol–water partition coefficient (Wildman–Crippen LogP) is 2.98. The fraction of sp³-hybridized carbons (Fsp3) is 0.462. The fourth-order valence-corrected chi connectivity index (χ4v) is 5.01. The molecule has 0 saturated carbocycles. The third kappa shape index (κ3) is 4.53. The lowest BCUT2D eigenvalue weighted by molar-refractivity contribution is -0.110. The molecule has 0 spiro atoms. The Labute approximate surface area is 195 Å².